The summed E-state index contributed by atoms with van der Waals surface area (Å²) in [5, 5.41) is 4.60. The summed E-state index contributed by atoms with van der Waals surface area (Å²) in [5.74, 6) is 1.82. The Morgan fingerprint density at radius 3 is 1.37 bits per heavy atom. The summed E-state index contributed by atoms with van der Waals surface area (Å²) < 4.78 is 1.89. The Balaban J connectivity index is 1.40. The van der Waals surface area contributed by atoms with E-state index in [0.29, 0.717) is 0 Å². The van der Waals surface area contributed by atoms with E-state index in [9.17, 15) is 0 Å². The first kappa shape index (κ1) is 34.1. The van der Waals surface area contributed by atoms with Crippen molar-refractivity contribution in [2.24, 2.45) is 7.05 Å². The minimum Gasteiger partial charge on any atom is -0.249 e. The van der Waals surface area contributed by atoms with Crippen LogP contribution in [0.25, 0.3) is 55.9 Å². The minimum absolute atomic E-state index is 0.116. The maximum atomic E-state index is 4.79. The van der Waals surface area contributed by atoms with Gasteiger partial charge in [-0.25, -0.2) is 9.67 Å². The molecule has 0 fully saturated rings. The van der Waals surface area contributed by atoms with Crippen LogP contribution in [0.2, 0.25) is 0 Å². The van der Waals surface area contributed by atoms with Gasteiger partial charge in [0.25, 0.3) is 0 Å². The van der Waals surface area contributed by atoms with Crippen LogP contribution >= 0.6 is 0 Å². The molecule has 0 saturated heterocycles. The number of hydrogen-bond donors (Lipinski definition) is 0. The summed E-state index contributed by atoms with van der Waals surface area (Å²) in [7, 11) is 1.98. The van der Waals surface area contributed by atoms with E-state index >= 15 is 0 Å². The first-order chi connectivity index (χ1) is 23.2. The summed E-state index contributed by atoms with van der Waals surface area (Å²) >= 11 is 0. The van der Waals surface area contributed by atoms with Gasteiger partial charge in [-0.3, -0.25) is 0 Å². The number of rotatable bonds is 7. The summed E-state index contributed by atoms with van der Waals surface area (Å²) in [5.41, 5.74) is 16.4. The van der Waals surface area contributed by atoms with Gasteiger partial charge in [-0.2, -0.15) is 5.10 Å². The molecule has 5 aromatic carbocycles. The van der Waals surface area contributed by atoms with Crippen LogP contribution in [0.4, 0.5) is 0 Å². The van der Waals surface area contributed by atoms with Gasteiger partial charge in [-0.05, 0) is 116 Å². The molecule has 0 atom stereocenters. The third kappa shape index (κ3) is 7.32. The normalized spacial score (nSPS) is 12.0. The Morgan fingerprint density at radius 1 is 0.510 bits per heavy atom. The van der Waals surface area contributed by atoms with E-state index in [1.54, 1.807) is 0 Å². The lowest BCUT2D eigenvalue weighted by atomic mass is 9.84. The van der Waals surface area contributed by atoms with Gasteiger partial charge in [0.1, 0.15) is 0 Å². The minimum atomic E-state index is 0.116. The lowest BCUT2D eigenvalue weighted by Crippen LogP contribution is -2.10. The highest BCUT2D eigenvalue weighted by Gasteiger charge is 2.17. The van der Waals surface area contributed by atoms with Gasteiger partial charge < -0.3 is 0 Å². The third-order valence-electron chi connectivity index (χ3n) is 9.72. The van der Waals surface area contributed by atoms with Gasteiger partial charge in [0.2, 0.25) is 0 Å². The number of hydrogen-bond acceptors (Lipinski definition) is 2. The van der Waals surface area contributed by atoms with Crippen molar-refractivity contribution in [3.05, 3.63) is 131 Å². The van der Waals surface area contributed by atoms with Gasteiger partial charge in [0, 0.05) is 19.0 Å². The predicted molar refractivity (Wildman–Crippen MR) is 209 cm³/mol. The largest absolute Gasteiger partial charge is 0.249 e. The van der Waals surface area contributed by atoms with Crippen molar-refractivity contribution in [2.75, 3.05) is 0 Å². The number of aromatic nitrogens is 3. The van der Waals surface area contributed by atoms with Crippen molar-refractivity contribution in [1.82, 2.24) is 14.8 Å². The second-order valence-corrected chi connectivity index (χ2v) is 15.7. The van der Waals surface area contributed by atoms with E-state index in [2.05, 4.69) is 171 Å². The zero-order valence-corrected chi connectivity index (χ0v) is 31.1. The van der Waals surface area contributed by atoms with Crippen molar-refractivity contribution < 1.29 is 0 Å². The molecule has 0 unspecified atom stereocenters. The van der Waals surface area contributed by atoms with Gasteiger partial charge in [0.05, 0.1) is 0 Å². The highest BCUT2D eigenvalue weighted by Crippen LogP contribution is 2.38. The van der Waals surface area contributed by atoms with Gasteiger partial charge in [0.15, 0.2) is 11.6 Å². The third-order valence-corrected chi connectivity index (χ3v) is 9.72. The molecule has 0 aliphatic heterocycles. The van der Waals surface area contributed by atoms with Crippen LogP contribution in [0.1, 0.15) is 83.0 Å². The fraction of sp³-hybridized carbons (Fsp3) is 0.304. The average Bonchev–Trinajstić information content (AvgIpc) is 3.44. The van der Waals surface area contributed by atoms with Crippen LogP contribution in [0.3, 0.4) is 0 Å². The fourth-order valence-electron chi connectivity index (χ4n) is 6.70. The molecule has 0 radical (unpaired) electrons. The molecule has 250 valence electrons. The first-order valence-electron chi connectivity index (χ1n) is 17.7. The quantitative estimate of drug-likeness (QED) is 0.173. The van der Waals surface area contributed by atoms with Crippen molar-refractivity contribution in [2.45, 2.75) is 86.0 Å². The van der Waals surface area contributed by atoms with Crippen molar-refractivity contribution in [3.63, 3.8) is 0 Å². The summed E-state index contributed by atoms with van der Waals surface area (Å²) in [6.45, 7) is 20.2. The highest BCUT2D eigenvalue weighted by molar-refractivity contribution is 5.84. The molecule has 0 spiro atoms. The van der Waals surface area contributed by atoms with E-state index in [1.165, 1.54) is 66.8 Å². The van der Waals surface area contributed by atoms with E-state index in [-0.39, 0.29) is 10.8 Å². The second kappa shape index (κ2) is 13.3. The Kier molecular flexibility index (Phi) is 9.24. The molecule has 0 aliphatic carbocycles. The SMILES string of the molecule is CCCc1nc(-c2ccc(-c3cc(C)c(-c4cc(-c5ccc(C(C)(C)C)cc5)cc(-c5ccc(C(C)(C)C)cc5)c4)cc3C)cc2)n(C)n1. The van der Waals surface area contributed by atoms with Crippen LogP contribution in [-0.4, -0.2) is 14.8 Å². The van der Waals surface area contributed by atoms with E-state index in [1.807, 2.05) is 11.7 Å². The first-order valence-corrected chi connectivity index (χ1v) is 17.7. The smallest absolute Gasteiger partial charge is 0.158 e. The zero-order chi connectivity index (χ0) is 35.1. The second-order valence-electron chi connectivity index (χ2n) is 15.7. The summed E-state index contributed by atoms with van der Waals surface area (Å²) in [6.07, 6.45) is 1.94. The zero-order valence-electron chi connectivity index (χ0n) is 31.1. The molecule has 1 heterocycles. The molecule has 0 amide bonds. The molecule has 1 aromatic heterocycles. The predicted octanol–water partition coefficient (Wildman–Crippen LogP) is 12.3. The molecule has 0 bridgehead atoms. The average molecular weight is 646 g/mol. The van der Waals surface area contributed by atoms with Crippen LogP contribution < -0.4 is 0 Å². The van der Waals surface area contributed by atoms with Crippen LogP contribution in [0, 0.1) is 13.8 Å². The Morgan fingerprint density at radius 2 is 0.918 bits per heavy atom. The molecule has 6 rings (SSSR count). The Hall–Kier alpha value is -4.76. The van der Waals surface area contributed by atoms with E-state index in [4.69, 9.17) is 4.98 Å². The molecule has 0 N–H and O–H groups in total. The Bertz CT molecular complexity index is 2000. The van der Waals surface area contributed by atoms with Crippen LogP contribution in [0.5, 0.6) is 0 Å². The summed E-state index contributed by atoms with van der Waals surface area (Å²) in [6, 6.07) is 38.8. The highest BCUT2D eigenvalue weighted by atomic mass is 15.3. The van der Waals surface area contributed by atoms with Crippen LogP contribution in [0.15, 0.2) is 103 Å². The van der Waals surface area contributed by atoms with Crippen molar-refractivity contribution in [3.8, 4) is 55.9 Å². The topological polar surface area (TPSA) is 30.7 Å². The summed E-state index contributed by atoms with van der Waals surface area (Å²) in [4.78, 5) is 4.79. The van der Waals surface area contributed by atoms with Gasteiger partial charge in [-0.15, -0.1) is 0 Å². The molecule has 3 nitrogen and oxygen atoms in total. The standard InChI is InChI=1S/C46H51N3/c1-11-12-43-47-44(49(10)48-43)35-15-13-34(14-16-35)41-25-31(3)42(26-30(41)2)38-28-36(32-17-21-39(22-18-32)45(4,5)6)27-37(29-38)33-19-23-40(24-20-33)46(7,8)9/h13-29H,11-12H2,1-10H3. The fourth-order valence-corrected chi connectivity index (χ4v) is 6.70. The maximum absolute atomic E-state index is 4.79. The lowest BCUT2D eigenvalue weighted by Gasteiger charge is -2.20. The van der Waals surface area contributed by atoms with Gasteiger partial charge in [-0.1, -0.05) is 133 Å². The van der Waals surface area contributed by atoms with E-state index in [0.717, 1.165) is 30.1 Å². The molecule has 49 heavy (non-hydrogen) atoms. The molecule has 6 aromatic rings. The number of aryl methyl sites for hydroxylation is 4. The van der Waals surface area contributed by atoms with E-state index < -0.39 is 0 Å². The van der Waals surface area contributed by atoms with Crippen molar-refractivity contribution >= 4 is 0 Å². The molecule has 0 saturated carbocycles. The van der Waals surface area contributed by atoms with Gasteiger partial charge >= 0.3 is 0 Å². The van der Waals surface area contributed by atoms with Crippen molar-refractivity contribution in [1.29, 1.82) is 0 Å². The Labute approximate surface area is 294 Å². The number of nitrogens with zero attached hydrogens (tertiary/aromatic N) is 3. The molecule has 0 aliphatic rings. The monoisotopic (exact) mass is 645 g/mol. The molecular weight excluding hydrogens is 595 g/mol. The van der Waals surface area contributed by atoms with Crippen LogP contribution in [-0.2, 0) is 24.3 Å². The molecule has 3 heteroatoms. The molecular formula is C46H51N3. The lowest BCUT2D eigenvalue weighted by molar-refractivity contribution is 0.590. The number of benzene rings is 5. The maximum Gasteiger partial charge on any atom is 0.158 e.